The molecular weight excluding hydrogens is 264 g/mol. The zero-order chi connectivity index (χ0) is 12.1. The number of hydrogen-bond donors (Lipinski definition) is 0. The van der Waals surface area contributed by atoms with Gasteiger partial charge in [-0.2, -0.15) is 0 Å². The Balaban J connectivity index is 2.63. The second-order valence-corrected chi connectivity index (χ2v) is 5.44. The van der Waals surface area contributed by atoms with E-state index in [1.165, 1.54) is 0 Å². The molecule has 1 rings (SSSR count). The number of Topliss-reactive ketones (excluding diaryl/α,β-unsaturated/α-hetero) is 1. The molecule has 0 saturated heterocycles. The fourth-order valence-electron chi connectivity index (χ4n) is 1.67. The van der Waals surface area contributed by atoms with Gasteiger partial charge in [0.05, 0.1) is 0 Å². The smallest absolute Gasteiger partial charge is 0.164 e. The molecule has 0 bridgehead atoms. The minimum Gasteiger partial charge on any atom is -0.294 e. The highest BCUT2D eigenvalue weighted by Crippen LogP contribution is 2.23. The lowest BCUT2D eigenvalue weighted by Gasteiger charge is -2.07. The Kier molecular flexibility index (Phi) is 5.20. The molecule has 0 aromatic heterocycles. The molecule has 16 heavy (non-hydrogen) atoms. The van der Waals surface area contributed by atoms with Gasteiger partial charge in [-0.25, -0.2) is 0 Å². The Morgan fingerprint density at radius 3 is 2.69 bits per heavy atom. The van der Waals surface area contributed by atoms with Crippen LogP contribution in [0.1, 0.15) is 49.0 Å². The molecule has 1 nitrogen and oxygen atoms in total. The number of benzene rings is 1. The highest BCUT2D eigenvalue weighted by molar-refractivity contribution is 9.10. The summed E-state index contributed by atoms with van der Waals surface area (Å²) < 4.78 is 0.949. The highest BCUT2D eigenvalue weighted by atomic mass is 79.9. The molecule has 0 spiro atoms. The van der Waals surface area contributed by atoms with Gasteiger partial charge in [0, 0.05) is 16.5 Å². The number of carbonyl (C=O) groups excluding carboxylic acids is 1. The first-order valence-electron chi connectivity index (χ1n) is 5.80. The van der Waals surface area contributed by atoms with Gasteiger partial charge in [-0.15, -0.1) is 0 Å². The molecule has 0 fully saturated rings. The molecule has 88 valence electrons. The summed E-state index contributed by atoms with van der Waals surface area (Å²) in [5.41, 5.74) is 1.94. The van der Waals surface area contributed by atoms with E-state index in [2.05, 4.69) is 29.8 Å². The summed E-state index contributed by atoms with van der Waals surface area (Å²) in [4.78, 5) is 12.0. The van der Waals surface area contributed by atoms with Gasteiger partial charge >= 0.3 is 0 Å². The summed E-state index contributed by atoms with van der Waals surface area (Å²) in [6.07, 6.45) is 2.76. The van der Waals surface area contributed by atoms with Gasteiger partial charge in [-0.05, 0) is 40.8 Å². The lowest BCUT2D eigenvalue weighted by atomic mass is 10.0. The third kappa shape index (κ3) is 3.75. The monoisotopic (exact) mass is 282 g/mol. The molecule has 0 aliphatic heterocycles. The molecule has 1 aromatic carbocycles. The van der Waals surface area contributed by atoms with E-state index in [1.807, 2.05) is 25.1 Å². The molecule has 0 radical (unpaired) electrons. The van der Waals surface area contributed by atoms with Gasteiger partial charge in [0.2, 0.25) is 0 Å². The van der Waals surface area contributed by atoms with Gasteiger partial charge in [-0.3, -0.25) is 4.79 Å². The summed E-state index contributed by atoms with van der Waals surface area (Å²) in [7, 11) is 0. The van der Waals surface area contributed by atoms with Gasteiger partial charge < -0.3 is 0 Å². The number of rotatable bonds is 5. The van der Waals surface area contributed by atoms with Crippen LogP contribution in [0.2, 0.25) is 0 Å². The Morgan fingerprint density at radius 1 is 1.38 bits per heavy atom. The molecule has 2 heteroatoms. The van der Waals surface area contributed by atoms with Crippen LogP contribution in [0.4, 0.5) is 0 Å². The summed E-state index contributed by atoms with van der Waals surface area (Å²) >= 11 is 3.48. The van der Waals surface area contributed by atoms with Gasteiger partial charge in [0.25, 0.3) is 0 Å². The molecule has 0 aliphatic rings. The van der Waals surface area contributed by atoms with Crippen LogP contribution < -0.4 is 0 Å². The molecule has 0 atom stereocenters. The minimum atomic E-state index is 0.247. The van der Waals surface area contributed by atoms with Crippen molar-refractivity contribution in [3.05, 3.63) is 33.8 Å². The highest BCUT2D eigenvalue weighted by Gasteiger charge is 2.10. The van der Waals surface area contributed by atoms with E-state index in [1.54, 1.807) is 0 Å². The fraction of sp³-hybridized carbons (Fsp3) is 0.500. The Hall–Kier alpha value is -0.630. The lowest BCUT2D eigenvalue weighted by Crippen LogP contribution is -2.02. The van der Waals surface area contributed by atoms with E-state index in [4.69, 9.17) is 0 Å². The fourth-order valence-corrected chi connectivity index (χ4v) is 2.15. The van der Waals surface area contributed by atoms with Crippen molar-refractivity contribution in [3.63, 3.8) is 0 Å². The number of hydrogen-bond acceptors (Lipinski definition) is 1. The van der Waals surface area contributed by atoms with Crippen LogP contribution in [0.5, 0.6) is 0 Å². The van der Waals surface area contributed by atoms with Crippen LogP contribution in [0, 0.1) is 12.8 Å². The third-order valence-electron chi connectivity index (χ3n) is 2.68. The number of aryl methyl sites for hydroxylation is 1. The largest absolute Gasteiger partial charge is 0.294 e. The third-order valence-corrected chi connectivity index (χ3v) is 3.73. The number of ketones is 1. The zero-order valence-electron chi connectivity index (χ0n) is 10.2. The average molecular weight is 283 g/mol. The zero-order valence-corrected chi connectivity index (χ0v) is 11.8. The predicted molar refractivity (Wildman–Crippen MR) is 71.9 cm³/mol. The molecular formula is C14H19BrO. The van der Waals surface area contributed by atoms with Crippen LogP contribution in [-0.4, -0.2) is 5.78 Å². The Labute approximate surface area is 106 Å². The second-order valence-electron chi connectivity index (χ2n) is 4.65. The molecule has 0 heterocycles. The van der Waals surface area contributed by atoms with Crippen LogP contribution in [0.15, 0.2) is 22.7 Å². The summed E-state index contributed by atoms with van der Waals surface area (Å²) in [6.45, 7) is 6.38. The lowest BCUT2D eigenvalue weighted by molar-refractivity contribution is 0.0977. The first-order chi connectivity index (χ1) is 7.52. The van der Waals surface area contributed by atoms with E-state index in [0.717, 1.165) is 28.4 Å². The van der Waals surface area contributed by atoms with Crippen molar-refractivity contribution in [2.75, 3.05) is 0 Å². The molecule has 0 N–H and O–H groups in total. The van der Waals surface area contributed by atoms with Crippen molar-refractivity contribution in [2.45, 2.75) is 40.0 Å². The van der Waals surface area contributed by atoms with Crippen molar-refractivity contribution in [3.8, 4) is 0 Å². The van der Waals surface area contributed by atoms with Gasteiger partial charge in [0.15, 0.2) is 5.78 Å². The van der Waals surface area contributed by atoms with Crippen LogP contribution >= 0.6 is 15.9 Å². The van der Waals surface area contributed by atoms with Crippen LogP contribution in [0.3, 0.4) is 0 Å². The van der Waals surface area contributed by atoms with Crippen molar-refractivity contribution in [2.24, 2.45) is 5.92 Å². The number of halogens is 1. The van der Waals surface area contributed by atoms with Crippen LogP contribution in [0.25, 0.3) is 0 Å². The van der Waals surface area contributed by atoms with E-state index in [-0.39, 0.29) is 5.78 Å². The summed E-state index contributed by atoms with van der Waals surface area (Å²) in [5, 5.41) is 0. The first-order valence-corrected chi connectivity index (χ1v) is 6.60. The Bertz CT molecular complexity index is 369. The van der Waals surface area contributed by atoms with E-state index < -0.39 is 0 Å². The summed E-state index contributed by atoms with van der Waals surface area (Å²) in [6, 6.07) is 5.85. The summed E-state index contributed by atoms with van der Waals surface area (Å²) in [5.74, 6) is 0.921. The molecule has 0 saturated carbocycles. The Morgan fingerprint density at radius 2 is 2.06 bits per heavy atom. The maximum atomic E-state index is 12.0. The van der Waals surface area contributed by atoms with Crippen LogP contribution in [-0.2, 0) is 0 Å². The SMILES string of the molecule is Cc1cccc(C(=O)CCCC(C)C)c1Br. The van der Waals surface area contributed by atoms with E-state index in [9.17, 15) is 4.79 Å². The maximum Gasteiger partial charge on any atom is 0.164 e. The first kappa shape index (κ1) is 13.4. The standard InChI is InChI=1S/C14H19BrO/c1-10(2)6-4-9-13(16)12-8-5-7-11(3)14(12)15/h5,7-8,10H,4,6,9H2,1-3H3. The van der Waals surface area contributed by atoms with Gasteiger partial charge in [0.1, 0.15) is 0 Å². The molecule has 0 aliphatic carbocycles. The topological polar surface area (TPSA) is 17.1 Å². The van der Waals surface area contributed by atoms with Crippen molar-refractivity contribution < 1.29 is 4.79 Å². The van der Waals surface area contributed by atoms with Gasteiger partial charge in [-0.1, -0.05) is 38.5 Å². The molecule has 1 aromatic rings. The number of carbonyl (C=O) groups is 1. The molecule has 0 amide bonds. The molecule has 0 unspecified atom stereocenters. The van der Waals surface area contributed by atoms with E-state index in [0.29, 0.717) is 12.3 Å². The van der Waals surface area contributed by atoms with Crippen molar-refractivity contribution in [1.82, 2.24) is 0 Å². The maximum absolute atomic E-state index is 12.0. The quantitative estimate of drug-likeness (QED) is 0.711. The average Bonchev–Trinajstić information content (AvgIpc) is 2.21. The normalized spacial score (nSPS) is 10.8. The van der Waals surface area contributed by atoms with Crippen molar-refractivity contribution >= 4 is 21.7 Å². The van der Waals surface area contributed by atoms with E-state index >= 15 is 0 Å². The minimum absolute atomic E-state index is 0.247. The van der Waals surface area contributed by atoms with Crippen molar-refractivity contribution in [1.29, 1.82) is 0 Å². The predicted octanol–water partition coefficient (Wildman–Crippen LogP) is 4.77. The second kappa shape index (κ2) is 6.19.